The van der Waals surface area contributed by atoms with Crippen LogP contribution in [0.4, 0.5) is 0 Å². The number of nitrogens with two attached hydrogens (primary N) is 1. The second kappa shape index (κ2) is 4.82. The second-order valence-corrected chi connectivity index (χ2v) is 7.82. The fraction of sp³-hybridized carbons (Fsp3) is 0.714. The predicted octanol–water partition coefficient (Wildman–Crippen LogP) is 2.15. The molecule has 102 valence electrons. The molecule has 1 heterocycles. The van der Waals surface area contributed by atoms with E-state index in [0.717, 1.165) is 25.1 Å². The van der Waals surface area contributed by atoms with Crippen molar-refractivity contribution in [2.24, 2.45) is 11.1 Å². The standard InChI is InChI=1S/C14H24N2OS/c1-10-7-11-12(15)8-14(2,3)9-13(11)16(10)5-6-18(4)17/h7,12H,5-6,8-9,15H2,1-4H3. The first-order valence-corrected chi connectivity index (χ1v) is 8.27. The molecule has 0 saturated heterocycles. The van der Waals surface area contributed by atoms with Crippen molar-refractivity contribution < 1.29 is 4.21 Å². The first-order valence-electron chi connectivity index (χ1n) is 6.55. The lowest BCUT2D eigenvalue weighted by atomic mass is 9.74. The predicted molar refractivity (Wildman–Crippen MR) is 77.1 cm³/mol. The molecule has 0 radical (unpaired) electrons. The lowest BCUT2D eigenvalue weighted by Crippen LogP contribution is -2.30. The molecule has 1 aliphatic rings. The Bertz CT molecular complexity index is 476. The highest BCUT2D eigenvalue weighted by Gasteiger charge is 2.33. The number of hydrogen-bond donors (Lipinski definition) is 1. The van der Waals surface area contributed by atoms with Crippen molar-refractivity contribution >= 4 is 10.8 Å². The lowest BCUT2D eigenvalue weighted by molar-refractivity contribution is 0.275. The van der Waals surface area contributed by atoms with Crippen LogP contribution in [0.1, 0.15) is 43.3 Å². The maximum Gasteiger partial charge on any atom is 0.0412 e. The van der Waals surface area contributed by atoms with Crippen LogP contribution in [0.25, 0.3) is 0 Å². The molecule has 1 aromatic heterocycles. The zero-order chi connectivity index (χ0) is 13.5. The van der Waals surface area contributed by atoms with Gasteiger partial charge in [0.25, 0.3) is 0 Å². The largest absolute Gasteiger partial charge is 0.348 e. The summed E-state index contributed by atoms with van der Waals surface area (Å²) >= 11 is 0. The summed E-state index contributed by atoms with van der Waals surface area (Å²) in [7, 11) is -0.739. The van der Waals surface area contributed by atoms with Crippen LogP contribution >= 0.6 is 0 Å². The van der Waals surface area contributed by atoms with Gasteiger partial charge in [-0.25, -0.2) is 0 Å². The molecule has 1 aromatic rings. The van der Waals surface area contributed by atoms with E-state index in [1.807, 2.05) is 0 Å². The number of aromatic nitrogens is 1. The van der Waals surface area contributed by atoms with Crippen LogP contribution in [0.15, 0.2) is 6.07 Å². The molecule has 2 rings (SSSR count). The fourth-order valence-corrected chi connectivity index (χ4v) is 3.48. The SMILES string of the molecule is Cc1cc2c(n1CCS(C)=O)CC(C)(C)CC2N. The van der Waals surface area contributed by atoms with Gasteiger partial charge in [0.05, 0.1) is 0 Å². The summed E-state index contributed by atoms with van der Waals surface area (Å²) < 4.78 is 13.6. The number of hydrogen-bond acceptors (Lipinski definition) is 2. The van der Waals surface area contributed by atoms with Gasteiger partial charge in [-0.2, -0.15) is 0 Å². The topological polar surface area (TPSA) is 48.0 Å². The van der Waals surface area contributed by atoms with E-state index in [0.29, 0.717) is 0 Å². The van der Waals surface area contributed by atoms with E-state index in [9.17, 15) is 4.21 Å². The molecule has 0 spiro atoms. The fourth-order valence-electron chi connectivity index (χ4n) is 3.04. The van der Waals surface area contributed by atoms with Crippen LogP contribution in [0, 0.1) is 12.3 Å². The number of rotatable bonds is 3. The summed E-state index contributed by atoms with van der Waals surface area (Å²) in [5, 5.41) is 0. The summed E-state index contributed by atoms with van der Waals surface area (Å²) in [4.78, 5) is 0. The smallest absolute Gasteiger partial charge is 0.0412 e. The minimum atomic E-state index is -0.739. The maximum absolute atomic E-state index is 11.3. The van der Waals surface area contributed by atoms with E-state index in [-0.39, 0.29) is 11.5 Å². The van der Waals surface area contributed by atoms with Crippen LogP contribution in [-0.2, 0) is 23.8 Å². The Balaban J connectivity index is 2.35. The third-order valence-corrected chi connectivity index (χ3v) is 4.63. The first-order chi connectivity index (χ1) is 8.30. The van der Waals surface area contributed by atoms with Crippen LogP contribution < -0.4 is 5.73 Å². The second-order valence-electron chi connectivity index (χ2n) is 6.27. The Morgan fingerprint density at radius 3 is 2.83 bits per heavy atom. The van der Waals surface area contributed by atoms with E-state index in [2.05, 4.69) is 31.4 Å². The molecule has 0 aliphatic heterocycles. The van der Waals surface area contributed by atoms with Crippen molar-refractivity contribution in [1.29, 1.82) is 0 Å². The van der Waals surface area contributed by atoms with Crippen molar-refractivity contribution in [2.45, 2.75) is 46.2 Å². The van der Waals surface area contributed by atoms with Gasteiger partial charge in [-0.05, 0) is 36.8 Å². The van der Waals surface area contributed by atoms with Gasteiger partial charge in [-0.3, -0.25) is 4.21 Å². The molecule has 1 aliphatic carbocycles. The Morgan fingerprint density at radius 1 is 1.56 bits per heavy atom. The van der Waals surface area contributed by atoms with E-state index < -0.39 is 10.8 Å². The van der Waals surface area contributed by atoms with Gasteiger partial charge < -0.3 is 10.3 Å². The quantitative estimate of drug-likeness (QED) is 0.913. The van der Waals surface area contributed by atoms with E-state index >= 15 is 0 Å². The summed E-state index contributed by atoms with van der Waals surface area (Å²) in [5.41, 5.74) is 10.5. The minimum absolute atomic E-state index is 0.149. The highest BCUT2D eigenvalue weighted by Crippen LogP contribution is 2.40. The molecule has 0 amide bonds. The number of nitrogens with zero attached hydrogens (tertiary/aromatic N) is 1. The summed E-state index contributed by atoms with van der Waals surface area (Å²) in [6.07, 6.45) is 3.88. The van der Waals surface area contributed by atoms with Crippen LogP contribution in [-0.4, -0.2) is 20.8 Å². The van der Waals surface area contributed by atoms with E-state index in [1.165, 1.54) is 17.0 Å². The van der Waals surface area contributed by atoms with Crippen LogP contribution in [0.3, 0.4) is 0 Å². The molecule has 0 aromatic carbocycles. The van der Waals surface area contributed by atoms with E-state index in [1.54, 1.807) is 6.26 Å². The van der Waals surface area contributed by atoms with Gasteiger partial charge in [-0.1, -0.05) is 13.8 Å². The Hall–Kier alpha value is -0.610. The Morgan fingerprint density at radius 2 is 2.22 bits per heavy atom. The zero-order valence-electron chi connectivity index (χ0n) is 11.8. The third-order valence-electron chi connectivity index (χ3n) is 3.87. The number of fused-ring (bicyclic) bond motifs is 1. The molecule has 0 fully saturated rings. The van der Waals surface area contributed by atoms with Gasteiger partial charge in [0, 0.05) is 46.8 Å². The monoisotopic (exact) mass is 268 g/mol. The van der Waals surface area contributed by atoms with Crippen LogP contribution in [0.2, 0.25) is 0 Å². The normalized spacial score (nSPS) is 23.7. The van der Waals surface area contributed by atoms with Crippen molar-refractivity contribution in [1.82, 2.24) is 4.57 Å². The molecule has 0 saturated carbocycles. The summed E-state index contributed by atoms with van der Waals surface area (Å²) in [6, 6.07) is 2.37. The molecule has 18 heavy (non-hydrogen) atoms. The number of aryl methyl sites for hydroxylation is 1. The lowest BCUT2D eigenvalue weighted by Gasteiger charge is -2.34. The van der Waals surface area contributed by atoms with Crippen molar-refractivity contribution in [3.05, 3.63) is 23.0 Å². The maximum atomic E-state index is 11.3. The zero-order valence-corrected chi connectivity index (χ0v) is 12.6. The third kappa shape index (κ3) is 2.69. The summed E-state index contributed by atoms with van der Waals surface area (Å²) in [5.74, 6) is 0.720. The molecule has 2 atom stereocenters. The molecule has 3 nitrogen and oxygen atoms in total. The average Bonchev–Trinajstić information content (AvgIpc) is 2.50. The molecule has 2 unspecified atom stereocenters. The van der Waals surface area contributed by atoms with E-state index in [4.69, 9.17) is 5.73 Å². The minimum Gasteiger partial charge on any atom is -0.348 e. The summed E-state index contributed by atoms with van der Waals surface area (Å²) in [6.45, 7) is 7.52. The Kier molecular flexibility index (Phi) is 3.70. The van der Waals surface area contributed by atoms with Gasteiger partial charge in [-0.15, -0.1) is 0 Å². The first kappa shape index (κ1) is 13.8. The Labute approximate surface area is 112 Å². The molecule has 2 N–H and O–H groups in total. The average molecular weight is 268 g/mol. The highest BCUT2D eigenvalue weighted by molar-refractivity contribution is 7.84. The molecular weight excluding hydrogens is 244 g/mol. The highest BCUT2D eigenvalue weighted by atomic mass is 32.2. The van der Waals surface area contributed by atoms with Crippen molar-refractivity contribution in [3.8, 4) is 0 Å². The van der Waals surface area contributed by atoms with Crippen molar-refractivity contribution in [2.75, 3.05) is 12.0 Å². The van der Waals surface area contributed by atoms with Crippen molar-refractivity contribution in [3.63, 3.8) is 0 Å². The van der Waals surface area contributed by atoms with Gasteiger partial charge in [0.2, 0.25) is 0 Å². The van der Waals surface area contributed by atoms with Gasteiger partial charge >= 0.3 is 0 Å². The molecular formula is C14H24N2OS. The molecule has 0 bridgehead atoms. The van der Waals surface area contributed by atoms with Gasteiger partial charge in [0.15, 0.2) is 0 Å². The molecule has 4 heteroatoms. The van der Waals surface area contributed by atoms with Crippen LogP contribution in [0.5, 0.6) is 0 Å². The van der Waals surface area contributed by atoms with Gasteiger partial charge in [0.1, 0.15) is 0 Å².